The minimum absolute atomic E-state index is 0. The molecule has 0 spiro atoms. The Morgan fingerprint density at radius 2 is 0.754 bits per heavy atom. The average Bonchev–Trinajstić information content (AvgIpc) is 4.06. The standard InChI is InChI=1S/C9H19NO.C9H19N.C8H17N.2C7H15N.C6H13NS.C6H13N.8CH4/c1-8(2)10-6-4-5-9(10)7-11-3;1-8(2)10(3)9-6-4-5-7-9;1-8(2)9-6-4-3-5-7-9;2*1-7(2)8-5-3-4-6-8;1-6(2)7-3-4-8-5-7;1-6(2)7-4-3-5-7;;;;;;;;/h8-9H,4-7H2,1-3H3;8-9H,4-7H2,1-3H3;8H,3-7H2,1-2H3;2*7H,3-6H2,1-2H3;6H,3-5H2,1-2H3;6H,3-5H2,1-2H3;8*1H4. The summed E-state index contributed by atoms with van der Waals surface area (Å²) < 4.78 is 5.16. The average molecular weight is 1010 g/mol. The van der Waals surface area contributed by atoms with Crippen LogP contribution in [0.5, 0.6) is 0 Å². The highest BCUT2D eigenvalue weighted by Gasteiger charge is 2.26. The molecule has 1 unspecified atom stereocenters. The Hall–Kier alpha value is 0.0300. The van der Waals surface area contributed by atoms with Crippen molar-refractivity contribution in [1.82, 2.24) is 34.3 Å². The molecule has 1 atom stereocenters. The molecule has 0 aromatic heterocycles. The summed E-state index contributed by atoms with van der Waals surface area (Å²) in [5, 5.41) is 0. The largest absolute Gasteiger partial charge is 0.383 e. The van der Waals surface area contributed by atoms with E-state index in [0.717, 1.165) is 48.9 Å². The van der Waals surface area contributed by atoms with Gasteiger partial charge in [-0.2, -0.15) is 0 Å². The molecule has 69 heavy (non-hydrogen) atoms. The zero-order chi connectivity index (χ0) is 45.7. The van der Waals surface area contributed by atoms with Gasteiger partial charge in [0.15, 0.2) is 0 Å². The first-order valence-corrected chi connectivity index (χ1v) is 27.4. The summed E-state index contributed by atoms with van der Waals surface area (Å²) in [6, 6.07) is 6.83. The molecule has 0 radical (unpaired) electrons. The molecular formula is C60H143N7OS. The summed E-state index contributed by atoms with van der Waals surface area (Å²) in [5.41, 5.74) is 0. The predicted molar refractivity (Wildman–Crippen MR) is 329 cm³/mol. The van der Waals surface area contributed by atoms with E-state index >= 15 is 0 Å². The molecule has 6 saturated heterocycles. The first kappa shape index (κ1) is 85.8. The molecule has 6 heterocycles. The first-order chi connectivity index (χ1) is 29.0. The van der Waals surface area contributed by atoms with Crippen LogP contribution in [0.1, 0.15) is 246 Å². The number of thioether (sulfide) groups is 1. The van der Waals surface area contributed by atoms with Gasteiger partial charge in [0.05, 0.1) is 6.61 Å². The van der Waals surface area contributed by atoms with Crippen LogP contribution in [0.4, 0.5) is 0 Å². The van der Waals surface area contributed by atoms with Gasteiger partial charge in [-0.1, -0.05) is 78.7 Å². The van der Waals surface area contributed by atoms with Crippen molar-refractivity contribution in [2.45, 2.75) is 301 Å². The van der Waals surface area contributed by atoms with E-state index < -0.39 is 0 Å². The first-order valence-electron chi connectivity index (χ1n) is 26.2. The smallest absolute Gasteiger partial charge is 0.0618 e. The molecule has 0 N–H and O–H groups in total. The van der Waals surface area contributed by atoms with E-state index in [4.69, 9.17) is 4.74 Å². The summed E-state index contributed by atoms with van der Waals surface area (Å²) in [4.78, 5) is 17.6. The second-order valence-corrected chi connectivity index (χ2v) is 22.1. The fraction of sp³-hybridized carbons (Fsp3) is 1.00. The van der Waals surface area contributed by atoms with Crippen molar-refractivity contribution >= 4 is 11.8 Å². The normalized spacial score (nSPS) is 20.6. The lowest BCUT2D eigenvalue weighted by atomic mass is 10.1. The summed E-state index contributed by atoms with van der Waals surface area (Å²) >= 11 is 2.04. The maximum atomic E-state index is 5.16. The van der Waals surface area contributed by atoms with Crippen molar-refractivity contribution in [3.8, 4) is 0 Å². The minimum Gasteiger partial charge on any atom is -0.383 e. The van der Waals surface area contributed by atoms with Gasteiger partial charge >= 0.3 is 0 Å². The molecule has 8 nitrogen and oxygen atoms in total. The lowest BCUT2D eigenvalue weighted by molar-refractivity contribution is 0.0984. The van der Waals surface area contributed by atoms with Gasteiger partial charge in [0.2, 0.25) is 0 Å². The van der Waals surface area contributed by atoms with Crippen molar-refractivity contribution in [3.05, 3.63) is 0 Å². The molecule has 9 heteroatoms. The van der Waals surface area contributed by atoms with Crippen molar-refractivity contribution in [1.29, 1.82) is 0 Å². The number of ether oxygens (including phenoxy) is 1. The van der Waals surface area contributed by atoms with Crippen LogP contribution in [0.2, 0.25) is 0 Å². The lowest BCUT2D eigenvalue weighted by Crippen LogP contribution is -2.41. The quantitative estimate of drug-likeness (QED) is 0.212. The van der Waals surface area contributed by atoms with E-state index in [2.05, 4.69) is 138 Å². The summed E-state index contributed by atoms with van der Waals surface area (Å²) in [6.07, 6.45) is 19.7. The molecule has 0 bridgehead atoms. The Morgan fingerprint density at radius 1 is 0.406 bits per heavy atom. The van der Waals surface area contributed by atoms with Crippen LogP contribution in [-0.2, 0) is 4.74 Å². The van der Waals surface area contributed by atoms with Crippen molar-refractivity contribution < 1.29 is 4.74 Å². The Labute approximate surface area is 447 Å². The summed E-state index contributed by atoms with van der Waals surface area (Å²) in [7, 11) is 4.04. The third-order valence-electron chi connectivity index (χ3n) is 14.2. The van der Waals surface area contributed by atoms with Crippen LogP contribution in [0.15, 0.2) is 0 Å². The Kier molecular flexibility index (Phi) is 64.0. The van der Waals surface area contributed by atoms with Crippen molar-refractivity contribution in [2.75, 3.05) is 97.8 Å². The maximum absolute atomic E-state index is 5.16. The van der Waals surface area contributed by atoms with Crippen molar-refractivity contribution in [3.63, 3.8) is 0 Å². The van der Waals surface area contributed by atoms with Gasteiger partial charge < -0.3 is 29.2 Å². The molecule has 1 aliphatic carbocycles. The van der Waals surface area contributed by atoms with Crippen LogP contribution in [0.3, 0.4) is 0 Å². The van der Waals surface area contributed by atoms with Crippen LogP contribution in [0, 0.1) is 0 Å². The zero-order valence-electron chi connectivity index (χ0n) is 44.2. The van der Waals surface area contributed by atoms with E-state index in [-0.39, 0.29) is 59.4 Å². The molecule has 6 aliphatic heterocycles. The zero-order valence-corrected chi connectivity index (χ0v) is 45.1. The second kappa shape index (κ2) is 51.5. The predicted octanol–water partition coefficient (Wildman–Crippen LogP) is 16.2. The third kappa shape index (κ3) is 39.2. The van der Waals surface area contributed by atoms with Gasteiger partial charge in [-0.05, 0) is 234 Å². The van der Waals surface area contributed by atoms with Crippen LogP contribution in [0.25, 0.3) is 0 Å². The van der Waals surface area contributed by atoms with Gasteiger partial charge in [0.25, 0.3) is 0 Å². The van der Waals surface area contributed by atoms with Gasteiger partial charge in [0, 0.05) is 79.7 Å². The SMILES string of the molecule is C.C.C.C.C.C.C.C.CC(C)N(C)C1CCCC1.CC(C)N1CCC1.CC(C)N1CCCC1.CC(C)N1CCCC1.CC(C)N1CCCCC1.CC(C)N1CCSC1.COCC1CCCN1C(C)C. The number of rotatable bonds is 10. The monoisotopic (exact) mass is 1010 g/mol. The number of methoxy groups -OCH3 is 1. The molecule has 0 amide bonds. The molecule has 1 saturated carbocycles. The number of nitrogens with zero attached hydrogens (tertiary/aromatic N) is 7. The highest BCUT2D eigenvalue weighted by molar-refractivity contribution is 7.99. The van der Waals surface area contributed by atoms with Crippen molar-refractivity contribution in [2.24, 2.45) is 0 Å². The van der Waals surface area contributed by atoms with Gasteiger partial charge in [-0.25, -0.2) is 0 Å². The van der Waals surface area contributed by atoms with Gasteiger partial charge in [0.1, 0.15) is 0 Å². The summed E-state index contributed by atoms with van der Waals surface area (Å²) in [6.45, 7) is 45.8. The van der Waals surface area contributed by atoms with Gasteiger partial charge in [-0.15, -0.1) is 11.8 Å². The Balaban J connectivity index is -0.000000103. The molecule has 7 fully saturated rings. The Morgan fingerprint density at radius 3 is 0.986 bits per heavy atom. The highest BCUT2D eigenvalue weighted by atomic mass is 32.2. The number of piperidine rings is 1. The maximum Gasteiger partial charge on any atom is 0.0618 e. The number of hydrogen-bond donors (Lipinski definition) is 0. The van der Waals surface area contributed by atoms with E-state index in [9.17, 15) is 0 Å². The van der Waals surface area contributed by atoms with Crippen LogP contribution < -0.4 is 0 Å². The third-order valence-corrected chi connectivity index (χ3v) is 15.1. The lowest BCUT2D eigenvalue weighted by Gasteiger charge is -2.34. The highest BCUT2D eigenvalue weighted by Crippen LogP contribution is 2.23. The molecule has 0 aromatic rings. The summed E-state index contributed by atoms with van der Waals surface area (Å²) in [5.74, 6) is 2.58. The van der Waals surface area contributed by atoms with E-state index in [1.54, 1.807) is 7.11 Å². The fourth-order valence-electron chi connectivity index (χ4n) is 9.29. The molecular weight excluding hydrogens is 867 g/mol. The number of likely N-dealkylation sites (tertiary alicyclic amines) is 5. The van der Waals surface area contributed by atoms with Crippen LogP contribution in [-0.4, -0.2) is 187 Å². The van der Waals surface area contributed by atoms with Crippen LogP contribution >= 0.6 is 11.8 Å². The van der Waals surface area contributed by atoms with E-state index in [1.807, 2.05) is 11.8 Å². The number of hydrogen-bond acceptors (Lipinski definition) is 9. The molecule has 0 aromatic carbocycles. The molecule has 7 rings (SSSR count). The van der Waals surface area contributed by atoms with E-state index in [0.29, 0.717) is 12.1 Å². The van der Waals surface area contributed by atoms with E-state index in [1.165, 1.54) is 167 Å². The topological polar surface area (TPSA) is 31.9 Å². The van der Waals surface area contributed by atoms with Gasteiger partial charge in [-0.3, -0.25) is 9.80 Å². The molecule has 430 valence electrons. The Bertz CT molecular complexity index is 917. The minimum atomic E-state index is 0. The molecule has 7 aliphatic rings. The fourth-order valence-corrected chi connectivity index (χ4v) is 10.4. The second-order valence-electron chi connectivity index (χ2n) is 21.1.